The fourth-order valence-corrected chi connectivity index (χ4v) is 1.97. The van der Waals surface area contributed by atoms with E-state index in [1.54, 1.807) is 0 Å². The first-order valence-corrected chi connectivity index (χ1v) is 4.65. The van der Waals surface area contributed by atoms with E-state index in [2.05, 4.69) is 13.0 Å². The fourth-order valence-electron chi connectivity index (χ4n) is 1.97. The van der Waals surface area contributed by atoms with Gasteiger partial charge in [-0.2, -0.15) is 5.26 Å². The van der Waals surface area contributed by atoms with Crippen molar-refractivity contribution in [3.8, 4) is 6.07 Å². The van der Waals surface area contributed by atoms with E-state index in [9.17, 15) is 4.79 Å². The lowest BCUT2D eigenvalue weighted by Gasteiger charge is -2.26. The fraction of sp³-hybridized carbons (Fsp3) is 0.800. The zero-order valence-electron chi connectivity index (χ0n) is 7.55. The van der Waals surface area contributed by atoms with Crippen LogP contribution in [0, 0.1) is 23.2 Å². The quantitative estimate of drug-likeness (QED) is 0.630. The number of Topliss-reactive ketones (excluding diaryl/α,β-unsaturated/α-hetero) is 1. The van der Waals surface area contributed by atoms with Crippen LogP contribution < -0.4 is 0 Å². The summed E-state index contributed by atoms with van der Waals surface area (Å²) in [4.78, 5) is 11.4. The van der Waals surface area contributed by atoms with Crippen LogP contribution in [0.4, 0.5) is 0 Å². The minimum Gasteiger partial charge on any atom is -0.299 e. The summed E-state index contributed by atoms with van der Waals surface area (Å²) in [6, 6.07) is 2.10. The van der Waals surface area contributed by atoms with E-state index in [4.69, 9.17) is 5.26 Å². The molecule has 1 aliphatic carbocycles. The van der Waals surface area contributed by atoms with Crippen molar-refractivity contribution in [2.24, 2.45) is 11.8 Å². The molecule has 0 radical (unpaired) electrons. The van der Waals surface area contributed by atoms with E-state index < -0.39 is 0 Å². The maximum atomic E-state index is 11.4. The van der Waals surface area contributed by atoms with Crippen molar-refractivity contribution in [3.05, 3.63) is 0 Å². The van der Waals surface area contributed by atoms with Crippen molar-refractivity contribution in [1.29, 1.82) is 5.26 Å². The molecule has 1 saturated carbocycles. The van der Waals surface area contributed by atoms with Crippen LogP contribution in [0.25, 0.3) is 0 Å². The summed E-state index contributed by atoms with van der Waals surface area (Å²) >= 11 is 0. The molecule has 0 heterocycles. The van der Waals surface area contributed by atoms with Gasteiger partial charge in [0.05, 0.1) is 6.07 Å². The second kappa shape index (κ2) is 4.25. The molecular formula is C10H15NO. The first-order valence-electron chi connectivity index (χ1n) is 4.65. The predicted molar refractivity (Wildman–Crippen MR) is 46.4 cm³/mol. The topological polar surface area (TPSA) is 40.9 Å². The van der Waals surface area contributed by atoms with Crippen LogP contribution >= 0.6 is 0 Å². The van der Waals surface area contributed by atoms with E-state index in [0.29, 0.717) is 18.1 Å². The van der Waals surface area contributed by atoms with Crippen molar-refractivity contribution >= 4 is 5.78 Å². The van der Waals surface area contributed by atoms with E-state index in [1.807, 2.05) is 0 Å². The Morgan fingerprint density at radius 2 is 2.42 bits per heavy atom. The van der Waals surface area contributed by atoms with E-state index >= 15 is 0 Å². The third-order valence-corrected chi connectivity index (χ3v) is 2.75. The monoisotopic (exact) mass is 165 g/mol. The summed E-state index contributed by atoms with van der Waals surface area (Å²) in [7, 11) is 0. The van der Waals surface area contributed by atoms with Crippen LogP contribution in [0.15, 0.2) is 0 Å². The smallest absolute Gasteiger partial charge is 0.136 e. The van der Waals surface area contributed by atoms with Gasteiger partial charge in [0.1, 0.15) is 5.78 Å². The Hall–Kier alpha value is -0.840. The second-order valence-corrected chi connectivity index (χ2v) is 3.64. The number of nitrogens with zero attached hydrogens (tertiary/aromatic N) is 1. The molecule has 12 heavy (non-hydrogen) atoms. The number of carbonyl (C=O) groups is 1. The van der Waals surface area contributed by atoms with Gasteiger partial charge in [-0.25, -0.2) is 0 Å². The molecule has 0 aliphatic heterocycles. The largest absolute Gasteiger partial charge is 0.299 e. The van der Waals surface area contributed by atoms with Crippen molar-refractivity contribution in [1.82, 2.24) is 0 Å². The molecule has 0 saturated heterocycles. The van der Waals surface area contributed by atoms with Gasteiger partial charge in [0.25, 0.3) is 0 Å². The molecule has 2 unspecified atom stereocenters. The molecule has 0 aromatic heterocycles. The molecule has 0 amide bonds. The van der Waals surface area contributed by atoms with Crippen LogP contribution in [0.2, 0.25) is 0 Å². The van der Waals surface area contributed by atoms with Gasteiger partial charge in [-0.15, -0.1) is 0 Å². The first kappa shape index (κ1) is 9.25. The van der Waals surface area contributed by atoms with Crippen molar-refractivity contribution in [2.45, 2.75) is 39.0 Å². The minimum absolute atomic E-state index is 0.179. The number of hydrogen-bond donors (Lipinski definition) is 0. The minimum atomic E-state index is 0.179. The average molecular weight is 165 g/mol. The molecule has 1 aliphatic rings. The summed E-state index contributed by atoms with van der Waals surface area (Å²) in [6.45, 7) is 2.12. The molecule has 0 aromatic rings. The van der Waals surface area contributed by atoms with Gasteiger partial charge in [-0.3, -0.25) is 4.79 Å². The highest BCUT2D eigenvalue weighted by molar-refractivity contribution is 5.81. The Balaban J connectivity index is 2.46. The summed E-state index contributed by atoms with van der Waals surface area (Å²) < 4.78 is 0. The number of hydrogen-bond acceptors (Lipinski definition) is 2. The maximum Gasteiger partial charge on any atom is 0.136 e. The molecule has 0 N–H and O–H groups in total. The van der Waals surface area contributed by atoms with Gasteiger partial charge in [-0.1, -0.05) is 6.92 Å². The molecule has 2 heteroatoms. The highest BCUT2D eigenvalue weighted by Crippen LogP contribution is 2.29. The van der Waals surface area contributed by atoms with Crippen LogP contribution in [0.5, 0.6) is 0 Å². The molecule has 1 rings (SSSR count). The summed E-state index contributed by atoms with van der Waals surface area (Å²) in [5.41, 5.74) is 0. The lowest BCUT2D eigenvalue weighted by atomic mass is 9.77. The number of rotatable bonds is 2. The van der Waals surface area contributed by atoms with E-state index in [0.717, 1.165) is 25.7 Å². The second-order valence-electron chi connectivity index (χ2n) is 3.64. The van der Waals surface area contributed by atoms with Gasteiger partial charge in [0.15, 0.2) is 0 Å². The zero-order valence-corrected chi connectivity index (χ0v) is 7.55. The zero-order chi connectivity index (χ0) is 8.97. The molecule has 0 aromatic carbocycles. The Morgan fingerprint density at radius 3 is 3.00 bits per heavy atom. The molecule has 2 nitrogen and oxygen atoms in total. The van der Waals surface area contributed by atoms with Crippen LogP contribution in [0.3, 0.4) is 0 Å². The van der Waals surface area contributed by atoms with Crippen molar-refractivity contribution < 1.29 is 4.79 Å². The molecule has 1 fully saturated rings. The number of ketones is 1. The van der Waals surface area contributed by atoms with Gasteiger partial charge in [0.2, 0.25) is 0 Å². The van der Waals surface area contributed by atoms with Gasteiger partial charge in [0, 0.05) is 18.8 Å². The summed E-state index contributed by atoms with van der Waals surface area (Å²) in [5, 5.41) is 8.41. The average Bonchev–Trinajstić information content (AvgIpc) is 2.04. The number of carbonyl (C=O) groups excluding carboxylic acids is 1. The van der Waals surface area contributed by atoms with Crippen LogP contribution in [0.1, 0.15) is 39.0 Å². The SMILES string of the molecule is CC1CCCC(=O)C1CCC#N. The van der Waals surface area contributed by atoms with E-state index in [1.165, 1.54) is 0 Å². The lowest BCUT2D eigenvalue weighted by molar-refractivity contribution is -0.126. The Bertz CT molecular complexity index is 204. The van der Waals surface area contributed by atoms with Crippen molar-refractivity contribution in [3.63, 3.8) is 0 Å². The highest BCUT2D eigenvalue weighted by Gasteiger charge is 2.27. The van der Waals surface area contributed by atoms with Gasteiger partial charge < -0.3 is 0 Å². The first-order chi connectivity index (χ1) is 5.75. The molecule has 0 spiro atoms. The number of nitriles is 1. The van der Waals surface area contributed by atoms with Gasteiger partial charge in [-0.05, 0) is 25.2 Å². The lowest BCUT2D eigenvalue weighted by Crippen LogP contribution is -2.26. The summed E-state index contributed by atoms with van der Waals surface area (Å²) in [5.74, 6) is 1.06. The Labute approximate surface area is 73.6 Å². The predicted octanol–water partition coefficient (Wildman–Crippen LogP) is 2.30. The molecular weight excluding hydrogens is 150 g/mol. The normalized spacial score (nSPS) is 29.8. The highest BCUT2D eigenvalue weighted by atomic mass is 16.1. The Morgan fingerprint density at radius 1 is 1.67 bits per heavy atom. The molecule has 0 bridgehead atoms. The van der Waals surface area contributed by atoms with Crippen LogP contribution in [-0.4, -0.2) is 5.78 Å². The standard InChI is InChI=1S/C10H15NO/c1-8-4-2-6-10(12)9(8)5-3-7-11/h8-9H,2-6H2,1H3. The molecule has 2 atom stereocenters. The van der Waals surface area contributed by atoms with Crippen LogP contribution in [-0.2, 0) is 4.79 Å². The third kappa shape index (κ3) is 2.07. The summed E-state index contributed by atoms with van der Waals surface area (Å²) in [6.07, 6.45) is 4.24. The van der Waals surface area contributed by atoms with Crippen molar-refractivity contribution in [2.75, 3.05) is 0 Å². The van der Waals surface area contributed by atoms with Gasteiger partial charge >= 0.3 is 0 Å². The maximum absolute atomic E-state index is 11.4. The third-order valence-electron chi connectivity index (χ3n) is 2.75. The Kier molecular flexibility index (Phi) is 3.28. The van der Waals surface area contributed by atoms with E-state index in [-0.39, 0.29) is 5.92 Å². The molecule has 66 valence electrons.